The summed E-state index contributed by atoms with van der Waals surface area (Å²) in [6, 6.07) is 5.64. The van der Waals surface area contributed by atoms with Crippen LogP contribution in [-0.2, 0) is 9.84 Å². The van der Waals surface area contributed by atoms with Crippen molar-refractivity contribution in [2.24, 2.45) is 0 Å². The molecule has 92 valence electrons. The molecule has 0 saturated carbocycles. The van der Waals surface area contributed by atoms with Gasteiger partial charge < -0.3 is 0 Å². The van der Waals surface area contributed by atoms with Crippen LogP contribution < -0.4 is 0 Å². The van der Waals surface area contributed by atoms with Crippen molar-refractivity contribution in [2.45, 2.75) is 23.2 Å². The molecule has 1 aromatic rings. The minimum Gasteiger partial charge on any atom is -0.222 e. The molecule has 0 aromatic heterocycles. The molecular formula is C10H8F3NO2S. The molecule has 0 spiro atoms. The summed E-state index contributed by atoms with van der Waals surface area (Å²) in [6.45, 7) is 1.67. The second kappa shape index (κ2) is 4.37. The minimum atomic E-state index is -5.10. The first-order valence-corrected chi connectivity index (χ1v) is 6.01. The van der Waals surface area contributed by atoms with Crippen LogP contribution in [0.15, 0.2) is 29.2 Å². The molecule has 0 aliphatic rings. The molecule has 1 aromatic carbocycles. The van der Waals surface area contributed by atoms with Crippen LogP contribution in [0.2, 0.25) is 0 Å². The number of hydrogen-bond donors (Lipinski definition) is 0. The molecule has 0 heterocycles. The van der Waals surface area contributed by atoms with Crippen molar-refractivity contribution in [3.63, 3.8) is 0 Å². The van der Waals surface area contributed by atoms with E-state index in [1.165, 1.54) is 12.1 Å². The van der Waals surface area contributed by atoms with E-state index < -0.39 is 26.2 Å². The standard InChI is InChI=1S/C10H8F3NO2S/c1-7-2-4-8(5-3-7)17(15,16)9(6-14)10(11,12)13/h2-5,9H,1H3. The predicted molar refractivity (Wildman–Crippen MR) is 53.8 cm³/mol. The molecule has 0 amide bonds. The van der Waals surface area contributed by atoms with Crippen molar-refractivity contribution in [3.05, 3.63) is 29.8 Å². The third kappa shape index (κ3) is 2.77. The number of rotatable bonds is 2. The van der Waals surface area contributed by atoms with Gasteiger partial charge in [-0.2, -0.15) is 18.4 Å². The largest absolute Gasteiger partial charge is 0.418 e. The van der Waals surface area contributed by atoms with Crippen LogP contribution in [0.3, 0.4) is 0 Å². The van der Waals surface area contributed by atoms with Crippen LogP contribution in [0.1, 0.15) is 5.56 Å². The highest BCUT2D eigenvalue weighted by Gasteiger charge is 2.49. The van der Waals surface area contributed by atoms with E-state index in [1.54, 1.807) is 6.92 Å². The van der Waals surface area contributed by atoms with Gasteiger partial charge in [0.05, 0.1) is 11.0 Å². The highest BCUT2D eigenvalue weighted by atomic mass is 32.2. The lowest BCUT2D eigenvalue weighted by atomic mass is 10.2. The summed E-state index contributed by atoms with van der Waals surface area (Å²) in [6.07, 6.45) is -5.10. The van der Waals surface area contributed by atoms with Crippen molar-refractivity contribution in [1.82, 2.24) is 0 Å². The van der Waals surface area contributed by atoms with Crippen molar-refractivity contribution >= 4 is 9.84 Å². The zero-order chi connectivity index (χ0) is 13.3. The average Bonchev–Trinajstić information content (AvgIpc) is 2.16. The van der Waals surface area contributed by atoms with Crippen molar-refractivity contribution in [3.8, 4) is 6.07 Å². The van der Waals surface area contributed by atoms with Crippen LogP contribution >= 0.6 is 0 Å². The zero-order valence-corrected chi connectivity index (χ0v) is 9.51. The predicted octanol–water partition coefficient (Wildman–Crippen LogP) is 2.22. The number of hydrogen-bond acceptors (Lipinski definition) is 3. The maximum Gasteiger partial charge on any atom is 0.418 e. The Balaban J connectivity index is 3.29. The van der Waals surface area contributed by atoms with E-state index in [0.717, 1.165) is 18.2 Å². The lowest BCUT2D eigenvalue weighted by molar-refractivity contribution is -0.120. The third-order valence-electron chi connectivity index (χ3n) is 2.07. The second-order valence-corrected chi connectivity index (χ2v) is 5.44. The third-order valence-corrected chi connectivity index (χ3v) is 4.00. The zero-order valence-electron chi connectivity index (χ0n) is 8.69. The molecule has 7 heteroatoms. The Morgan fingerprint density at radius 2 is 1.71 bits per heavy atom. The van der Waals surface area contributed by atoms with Gasteiger partial charge in [0.15, 0.2) is 0 Å². The van der Waals surface area contributed by atoms with E-state index in [9.17, 15) is 21.6 Å². The van der Waals surface area contributed by atoms with E-state index in [1.807, 2.05) is 0 Å². The minimum absolute atomic E-state index is 0.507. The van der Waals surface area contributed by atoms with Gasteiger partial charge >= 0.3 is 6.18 Å². The van der Waals surface area contributed by atoms with Gasteiger partial charge in [0, 0.05) is 0 Å². The van der Waals surface area contributed by atoms with Crippen LogP contribution in [-0.4, -0.2) is 19.8 Å². The smallest absolute Gasteiger partial charge is 0.222 e. The van der Waals surface area contributed by atoms with E-state index in [0.29, 0.717) is 5.56 Å². The summed E-state index contributed by atoms with van der Waals surface area (Å²) in [7, 11) is -4.71. The van der Waals surface area contributed by atoms with E-state index >= 15 is 0 Å². The van der Waals surface area contributed by atoms with Crippen molar-refractivity contribution < 1.29 is 21.6 Å². The molecule has 17 heavy (non-hydrogen) atoms. The van der Waals surface area contributed by atoms with Gasteiger partial charge in [-0.25, -0.2) is 8.42 Å². The molecule has 0 aliphatic carbocycles. The Bertz CT molecular complexity index is 540. The molecule has 0 saturated heterocycles. The summed E-state index contributed by atoms with van der Waals surface area (Å²) < 4.78 is 60.3. The van der Waals surface area contributed by atoms with Gasteiger partial charge in [0.25, 0.3) is 0 Å². The number of nitrogens with zero attached hydrogens (tertiary/aromatic N) is 1. The van der Waals surface area contributed by atoms with E-state index in [4.69, 9.17) is 5.26 Å². The number of nitriles is 1. The first-order chi connectivity index (χ1) is 7.69. The molecule has 1 atom stereocenters. The Morgan fingerprint density at radius 3 is 2.06 bits per heavy atom. The van der Waals surface area contributed by atoms with E-state index in [2.05, 4.69) is 0 Å². The lowest BCUT2D eigenvalue weighted by Gasteiger charge is -2.14. The van der Waals surface area contributed by atoms with Gasteiger partial charge in [-0.3, -0.25) is 0 Å². The Hall–Kier alpha value is -1.55. The maximum atomic E-state index is 12.4. The molecule has 0 radical (unpaired) electrons. The average molecular weight is 263 g/mol. The number of aryl methyl sites for hydroxylation is 1. The second-order valence-electron chi connectivity index (χ2n) is 3.41. The summed E-state index contributed by atoms with van der Waals surface area (Å²) in [5, 5.41) is 5.33. The molecule has 1 rings (SSSR count). The van der Waals surface area contributed by atoms with Crippen molar-refractivity contribution in [2.75, 3.05) is 0 Å². The molecule has 3 nitrogen and oxygen atoms in total. The molecular weight excluding hydrogens is 255 g/mol. The fourth-order valence-electron chi connectivity index (χ4n) is 1.18. The van der Waals surface area contributed by atoms with Crippen molar-refractivity contribution in [1.29, 1.82) is 5.26 Å². The fourth-order valence-corrected chi connectivity index (χ4v) is 2.46. The maximum absolute atomic E-state index is 12.4. The summed E-state index contributed by atoms with van der Waals surface area (Å²) in [5.74, 6) is 0. The highest BCUT2D eigenvalue weighted by Crippen LogP contribution is 2.29. The Kier molecular flexibility index (Phi) is 3.48. The Morgan fingerprint density at radius 1 is 1.24 bits per heavy atom. The Labute approximate surface area is 96.4 Å². The monoisotopic (exact) mass is 263 g/mol. The molecule has 0 N–H and O–H groups in total. The van der Waals surface area contributed by atoms with E-state index in [-0.39, 0.29) is 0 Å². The lowest BCUT2D eigenvalue weighted by Crippen LogP contribution is -2.35. The first-order valence-electron chi connectivity index (χ1n) is 4.46. The van der Waals surface area contributed by atoms with Gasteiger partial charge in [-0.05, 0) is 19.1 Å². The number of sulfone groups is 1. The summed E-state index contributed by atoms with van der Waals surface area (Å²) >= 11 is 0. The van der Waals surface area contributed by atoms with Gasteiger partial charge in [0.2, 0.25) is 15.1 Å². The van der Waals surface area contributed by atoms with Crippen LogP contribution in [0.5, 0.6) is 0 Å². The van der Waals surface area contributed by atoms with Gasteiger partial charge in [0.1, 0.15) is 0 Å². The first kappa shape index (κ1) is 13.5. The molecule has 0 aliphatic heterocycles. The number of benzene rings is 1. The van der Waals surface area contributed by atoms with Crippen LogP contribution in [0.25, 0.3) is 0 Å². The van der Waals surface area contributed by atoms with Gasteiger partial charge in [-0.1, -0.05) is 17.7 Å². The molecule has 1 unspecified atom stereocenters. The van der Waals surface area contributed by atoms with Crippen LogP contribution in [0.4, 0.5) is 13.2 Å². The number of alkyl halides is 3. The molecule has 0 bridgehead atoms. The summed E-state index contributed by atoms with van der Waals surface area (Å²) in [4.78, 5) is -0.507. The highest BCUT2D eigenvalue weighted by molar-refractivity contribution is 7.92. The normalized spacial score (nSPS) is 14.1. The SMILES string of the molecule is Cc1ccc(S(=O)(=O)C(C#N)C(F)(F)F)cc1. The summed E-state index contributed by atoms with van der Waals surface area (Å²) in [5.41, 5.74) is 0.712. The topological polar surface area (TPSA) is 57.9 Å². The van der Waals surface area contributed by atoms with Crippen LogP contribution in [0, 0.1) is 18.3 Å². The molecule has 0 fully saturated rings. The quantitative estimate of drug-likeness (QED) is 0.822. The fraction of sp³-hybridized carbons (Fsp3) is 0.300. The number of halogens is 3. The van der Waals surface area contributed by atoms with Gasteiger partial charge in [-0.15, -0.1) is 0 Å².